The lowest BCUT2D eigenvalue weighted by molar-refractivity contribution is -0.115. The molecule has 0 spiro atoms. The minimum absolute atomic E-state index is 0.0359. The number of nitrogens with one attached hydrogen (secondary N) is 1. The summed E-state index contributed by atoms with van der Waals surface area (Å²) in [7, 11) is 0. The van der Waals surface area contributed by atoms with E-state index in [1.54, 1.807) is 12.1 Å². The molecule has 3 nitrogen and oxygen atoms in total. The molecule has 0 aliphatic heterocycles. The predicted octanol–water partition coefficient (Wildman–Crippen LogP) is 2.76. The van der Waals surface area contributed by atoms with Crippen molar-refractivity contribution < 1.29 is 4.79 Å². The molecule has 0 saturated heterocycles. The quantitative estimate of drug-likeness (QED) is 0.810. The van der Waals surface area contributed by atoms with Gasteiger partial charge in [0.05, 0.1) is 6.42 Å². The first-order valence-electron chi connectivity index (χ1n) is 5.84. The standard InChI is InChI=1S/C15H16N2O/c1-11-4-2-5-12(8-11)9-15(18)17-14-7-3-6-13(16)10-14/h2-8,10H,9,16H2,1H3,(H,17,18). The Labute approximate surface area is 107 Å². The molecule has 2 rings (SSSR count). The Hall–Kier alpha value is -2.29. The number of anilines is 2. The molecule has 0 aromatic heterocycles. The first kappa shape index (κ1) is 12.2. The lowest BCUT2D eigenvalue weighted by Gasteiger charge is -2.06. The van der Waals surface area contributed by atoms with E-state index < -0.39 is 0 Å². The average molecular weight is 240 g/mol. The highest BCUT2D eigenvalue weighted by molar-refractivity contribution is 5.92. The second-order valence-electron chi connectivity index (χ2n) is 4.34. The molecule has 0 unspecified atom stereocenters. The van der Waals surface area contributed by atoms with Gasteiger partial charge in [-0.25, -0.2) is 0 Å². The van der Waals surface area contributed by atoms with Crippen LogP contribution in [-0.2, 0) is 11.2 Å². The van der Waals surface area contributed by atoms with Gasteiger partial charge in [-0.3, -0.25) is 4.79 Å². The molecule has 0 heterocycles. The van der Waals surface area contributed by atoms with Crippen LogP contribution in [0.3, 0.4) is 0 Å². The van der Waals surface area contributed by atoms with Crippen LogP contribution in [-0.4, -0.2) is 5.91 Å². The first-order chi connectivity index (χ1) is 8.63. The van der Waals surface area contributed by atoms with Gasteiger partial charge in [-0.05, 0) is 30.7 Å². The van der Waals surface area contributed by atoms with Gasteiger partial charge < -0.3 is 11.1 Å². The minimum atomic E-state index is -0.0359. The SMILES string of the molecule is Cc1cccc(CC(=O)Nc2cccc(N)c2)c1. The Kier molecular flexibility index (Phi) is 3.63. The summed E-state index contributed by atoms with van der Waals surface area (Å²) in [6.45, 7) is 2.01. The number of nitrogen functional groups attached to an aromatic ring is 1. The van der Waals surface area contributed by atoms with Crippen LogP contribution in [0.5, 0.6) is 0 Å². The molecule has 0 aliphatic rings. The lowest BCUT2D eigenvalue weighted by Crippen LogP contribution is -2.14. The minimum Gasteiger partial charge on any atom is -0.399 e. The molecule has 2 aromatic rings. The molecular formula is C15H16N2O. The van der Waals surface area contributed by atoms with Crippen LogP contribution in [0.2, 0.25) is 0 Å². The molecule has 0 saturated carbocycles. The van der Waals surface area contributed by atoms with Crippen LogP contribution < -0.4 is 11.1 Å². The number of aryl methyl sites for hydroxylation is 1. The van der Waals surface area contributed by atoms with Crippen molar-refractivity contribution in [1.82, 2.24) is 0 Å². The van der Waals surface area contributed by atoms with Gasteiger partial charge in [-0.2, -0.15) is 0 Å². The van der Waals surface area contributed by atoms with Crippen molar-refractivity contribution in [3.05, 3.63) is 59.7 Å². The zero-order valence-corrected chi connectivity index (χ0v) is 10.3. The summed E-state index contributed by atoms with van der Waals surface area (Å²) in [5.74, 6) is -0.0359. The maximum Gasteiger partial charge on any atom is 0.228 e. The van der Waals surface area contributed by atoms with E-state index >= 15 is 0 Å². The summed E-state index contributed by atoms with van der Waals surface area (Å²) in [5.41, 5.74) is 9.19. The van der Waals surface area contributed by atoms with E-state index in [9.17, 15) is 4.79 Å². The first-order valence-corrected chi connectivity index (χ1v) is 5.84. The lowest BCUT2D eigenvalue weighted by atomic mass is 10.1. The average Bonchev–Trinajstić information content (AvgIpc) is 2.28. The van der Waals surface area contributed by atoms with E-state index in [0.717, 1.165) is 16.8 Å². The van der Waals surface area contributed by atoms with Crippen LogP contribution in [0.1, 0.15) is 11.1 Å². The Morgan fingerprint density at radius 2 is 1.94 bits per heavy atom. The smallest absolute Gasteiger partial charge is 0.228 e. The Bertz CT molecular complexity index is 514. The molecule has 92 valence electrons. The number of benzene rings is 2. The van der Waals surface area contributed by atoms with Crippen molar-refractivity contribution in [3.8, 4) is 0 Å². The second kappa shape index (κ2) is 5.36. The van der Waals surface area contributed by atoms with Gasteiger partial charge in [0.2, 0.25) is 5.91 Å². The Balaban J connectivity index is 2.01. The van der Waals surface area contributed by atoms with Gasteiger partial charge in [-0.1, -0.05) is 35.9 Å². The number of hydrogen-bond acceptors (Lipinski definition) is 2. The Morgan fingerprint density at radius 3 is 2.67 bits per heavy atom. The van der Waals surface area contributed by atoms with Gasteiger partial charge in [0, 0.05) is 11.4 Å². The fourth-order valence-electron chi connectivity index (χ4n) is 1.83. The zero-order valence-electron chi connectivity index (χ0n) is 10.3. The molecule has 3 N–H and O–H groups in total. The van der Waals surface area contributed by atoms with Gasteiger partial charge in [0.25, 0.3) is 0 Å². The van der Waals surface area contributed by atoms with E-state index in [1.807, 2.05) is 43.3 Å². The number of nitrogens with two attached hydrogens (primary N) is 1. The fourth-order valence-corrected chi connectivity index (χ4v) is 1.83. The van der Waals surface area contributed by atoms with Crippen LogP contribution >= 0.6 is 0 Å². The Morgan fingerprint density at radius 1 is 1.17 bits per heavy atom. The molecule has 0 atom stereocenters. The summed E-state index contributed by atoms with van der Waals surface area (Å²) in [5, 5.41) is 2.83. The van der Waals surface area contributed by atoms with Crippen molar-refractivity contribution >= 4 is 17.3 Å². The number of amides is 1. The largest absolute Gasteiger partial charge is 0.399 e. The van der Waals surface area contributed by atoms with Crippen molar-refractivity contribution in [2.75, 3.05) is 11.1 Å². The normalized spacial score (nSPS) is 10.1. The fraction of sp³-hybridized carbons (Fsp3) is 0.133. The summed E-state index contributed by atoms with van der Waals surface area (Å²) < 4.78 is 0. The van der Waals surface area contributed by atoms with Crippen molar-refractivity contribution in [2.45, 2.75) is 13.3 Å². The predicted molar refractivity (Wildman–Crippen MR) is 74.4 cm³/mol. The van der Waals surface area contributed by atoms with Gasteiger partial charge >= 0.3 is 0 Å². The molecule has 1 amide bonds. The molecule has 0 radical (unpaired) electrons. The highest BCUT2D eigenvalue weighted by atomic mass is 16.1. The third kappa shape index (κ3) is 3.35. The highest BCUT2D eigenvalue weighted by Crippen LogP contribution is 2.12. The molecule has 2 aromatic carbocycles. The number of carbonyl (C=O) groups is 1. The van der Waals surface area contributed by atoms with E-state index in [2.05, 4.69) is 5.32 Å². The maximum absolute atomic E-state index is 11.9. The second-order valence-corrected chi connectivity index (χ2v) is 4.34. The molecular weight excluding hydrogens is 224 g/mol. The van der Waals surface area contributed by atoms with E-state index in [0.29, 0.717) is 12.1 Å². The third-order valence-corrected chi connectivity index (χ3v) is 2.62. The topological polar surface area (TPSA) is 55.1 Å². The van der Waals surface area contributed by atoms with E-state index in [-0.39, 0.29) is 5.91 Å². The maximum atomic E-state index is 11.9. The summed E-state index contributed by atoms with van der Waals surface area (Å²) in [4.78, 5) is 11.9. The van der Waals surface area contributed by atoms with Crippen molar-refractivity contribution in [2.24, 2.45) is 0 Å². The summed E-state index contributed by atoms with van der Waals surface area (Å²) in [6.07, 6.45) is 0.372. The number of rotatable bonds is 3. The molecule has 18 heavy (non-hydrogen) atoms. The molecule has 3 heteroatoms. The van der Waals surface area contributed by atoms with Gasteiger partial charge in [0.1, 0.15) is 0 Å². The van der Waals surface area contributed by atoms with Crippen molar-refractivity contribution in [3.63, 3.8) is 0 Å². The summed E-state index contributed by atoms with van der Waals surface area (Å²) in [6, 6.07) is 15.1. The molecule has 0 bridgehead atoms. The van der Waals surface area contributed by atoms with E-state index in [4.69, 9.17) is 5.73 Å². The van der Waals surface area contributed by atoms with Crippen molar-refractivity contribution in [1.29, 1.82) is 0 Å². The molecule has 0 fully saturated rings. The zero-order chi connectivity index (χ0) is 13.0. The third-order valence-electron chi connectivity index (χ3n) is 2.62. The number of hydrogen-bond donors (Lipinski definition) is 2. The van der Waals surface area contributed by atoms with Crippen LogP contribution in [0.4, 0.5) is 11.4 Å². The number of carbonyl (C=O) groups excluding carboxylic acids is 1. The van der Waals surface area contributed by atoms with E-state index in [1.165, 1.54) is 0 Å². The highest BCUT2D eigenvalue weighted by Gasteiger charge is 2.04. The van der Waals surface area contributed by atoms with Gasteiger partial charge in [-0.15, -0.1) is 0 Å². The van der Waals surface area contributed by atoms with Crippen LogP contribution in [0.25, 0.3) is 0 Å². The molecule has 0 aliphatic carbocycles. The van der Waals surface area contributed by atoms with Crippen LogP contribution in [0, 0.1) is 6.92 Å². The monoisotopic (exact) mass is 240 g/mol. The van der Waals surface area contributed by atoms with Gasteiger partial charge in [0.15, 0.2) is 0 Å². The van der Waals surface area contributed by atoms with Crippen LogP contribution in [0.15, 0.2) is 48.5 Å². The summed E-state index contributed by atoms with van der Waals surface area (Å²) >= 11 is 0.